The lowest BCUT2D eigenvalue weighted by atomic mass is 10.2. The summed E-state index contributed by atoms with van der Waals surface area (Å²) in [6.07, 6.45) is 4.03. The molecule has 2 aromatic rings. The smallest absolute Gasteiger partial charge is 0.139 e. The maximum atomic E-state index is 5.58. The van der Waals surface area contributed by atoms with Gasteiger partial charge in [0.05, 0.1) is 6.61 Å². The summed E-state index contributed by atoms with van der Waals surface area (Å²) in [5.74, 6) is 1.83. The van der Waals surface area contributed by atoms with Crippen molar-refractivity contribution in [1.29, 1.82) is 0 Å². The fourth-order valence-electron chi connectivity index (χ4n) is 1.70. The predicted molar refractivity (Wildman–Crippen MR) is 63.9 cm³/mol. The summed E-state index contributed by atoms with van der Waals surface area (Å²) in [7, 11) is 1.98. The van der Waals surface area contributed by atoms with Crippen LogP contribution >= 0.6 is 0 Å². The minimum atomic E-state index is 0.296. The standard InChI is InChI=1S/C13H14N2O2/c1-15-7-6-14-13(15)10-2-4-11(5-3-10)16-8-12-9-17-12/h2-7,12H,8-9H2,1H3. The highest BCUT2D eigenvalue weighted by Gasteiger charge is 2.22. The number of aryl methyl sites for hydroxylation is 1. The third-order valence-corrected chi connectivity index (χ3v) is 2.77. The highest BCUT2D eigenvalue weighted by Crippen LogP contribution is 2.21. The lowest BCUT2D eigenvalue weighted by Crippen LogP contribution is -2.03. The number of hydrogen-bond acceptors (Lipinski definition) is 3. The van der Waals surface area contributed by atoms with Gasteiger partial charge in [-0.25, -0.2) is 4.98 Å². The van der Waals surface area contributed by atoms with E-state index in [0.29, 0.717) is 12.7 Å². The number of benzene rings is 1. The predicted octanol–water partition coefficient (Wildman–Crippen LogP) is 1.86. The molecule has 1 atom stereocenters. The molecule has 4 nitrogen and oxygen atoms in total. The first-order valence-electron chi connectivity index (χ1n) is 5.65. The van der Waals surface area contributed by atoms with Crippen LogP contribution in [-0.4, -0.2) is 28.9 Å². The number of epoxide rings is 1. The third kappa shape index (κ3) is 2.31. The van der Waals surface area contributed by atoms with Crippen LogP contribution in [0, 0.1) is 0 Å². The second-order valence-electron chi connectivity index (χ2n) is 4.15. The van der Waals surface area contributed by atoms with Crippen molar-refractivity contribution < 1.29 is 9.47 Å². The van der Waals surface area contributed by atoms with Crippen LogP contribution < -0.4 is 4.74 Å². The lowest BCUT2D eigenvalue weighted by Gasteiger charge is -2.05. The Hall–Kier alpha value is -1.81. The summed E-state index contributed by atoms with van der Waals surface area (Å²) in [6.45, 7) is 1.47. The Balaban J connectivity index is 1.72. The van der Waals surface area contributed by atoms with Gasteiger partial charge < -0.3 is 14.0 Å². The number of ether oxygens (including phenoxy) is 2. The molecule has 3 rings (SSSR count). The maximum Gasteiger partial charge on any atom is 0.139 e. The molecule has 2 heterocycles. The van der Waals surface area contributed by atoms with E-state index in [2.05, 4.69) is 4.98 Å². The highest BCUT2D eigenvalue weighted by molar-refractivity contribution is 5.56. The van der Waals surface area contributed by atoms with Gasteiger partial charge in [-0.3, -0.25) is 0 Å². The Labute approximate surface area is 99.8 Å². The second kappa shape index (κ2) is 4.22. The molecule has 0 bridgehead atoms. The van der Waals surface area contributed by atoms with Crippen molar-refractivity contribution >= 4 is 0 Å². The molecular formula is C13H14N2O2. The molecule has 1 aromatic carbocycles. The van der Waals surface area contributed by atoms with Crippen LogP contribution in [0.25, 0.3) is 11.4 Å². The topological polar surface area (TPSA) is 39.6 Å². The van der Waals surface area contributed by atoms with Gasteiger partial charge >= 0.3 is 0 Å². The van der Waals surface area contributed by atoms with Gasteiger partial charge in [0, 0.05) is 25.0 Å². The molecule has 0 saturated carbocycles. The molecule has 0 spiro atoms. The summed E-state index contributed by atoms with van der Waals surface area (Å²) < 4.78 is 12.7. The van der Waals surface area contributed by atoms with E-state index >= 15 is 0 Å². The van der Waals surface area contributed by atoms with Crippen LogP contribution in [-0.2, 0) is 11.8 Å². The molecular weight excluding hydrogens is 216 g/mol. The Morgan fingerprint density at radius 3 is 2.76 bits per heavy atom. The quantitative estimate of drug-likeness (QED) is 0.753. The summed E-state index contributed by atoms with van der Waals surface area (Å²) in [6, 6.07) is 7.97. The maximum absolute atomic E-state index is 5.58. The largest absolute Gasteiger partial charge is 0.491 e. The first-order chi connectivity index (χ1) is 8.33. The fourth-order valence-corrected chi connectivity index (χ4v) is 1.70. The molecule has 4 heteroatoms. The third-order valence-electron chi connectivity index (χ3n) is 2.77. The van der Waals surface area contributed by atoms with Crippen molar-refractivity contribution in [3.8, 4) is 17.1 Å². The first-order valence-corrected chi connectivity index (χ1v) is 5.65. The van der Waals surface area contributed by atoms with Gasteiger partial charge in [0.2, 0.25) is 0 Å². The van der Waals surface area contributed by atoms with Crippen LogP contribution in [0.5, 0.6) is 5.75 Å². The molecule has 0 amide bonds. The molecule has 1 unspecified atom stereocenters. The molecule has 0 aliphatic carbocycles. The summed E-state index contributed by atoms with van der Waals surface area (Å²) >= 11 is 0. The lowest BCUT2D eigenvalue weighted by molar-refractivity contribution is 0.263. The Kier molecular flexibility index (Phi) is 2.57. The van der Waals surface area contributed by atoms with Crippen molar-refractivity contribution in [2.24, 2.45) is 7.05 Å². The molecule has 17 heavy (non-hydrogen) atoms. The molecule has 1 aliphatic heterocycles. The van der Waals surface area contributed by atoms with Gasteiger partial charge in [-0.15, -0.1) is 0 Å². The number of hydrogen-bond donors (Lipinski definition) is 0. The van der Waals surface area contributed by atoms with Crippen LogP contribution in [0.4, 0.5) is 0 Å². The van der Waals surface area contributed by atoms with Gasteiger partial charge in [-0.05, 0) is 24.3 Å². The zero-order valence-corrected chi connectivity index (χ0v) is 9.67. The summed E-state index contributed by atoms with van der Waals surface area (Å²) in [4.78, 5) is 4.30. The number of rotatable bonds is 4. The van der Waals surface area contributed by atoms with E-state index in [1.165, 1.54) is 0 Å². The van der Waals surface area contributed by atoms with Gasteiger partial charge in [-0.1, -0.05) is 0 Å². The minimum Gasteiger partial charge on any atom is -0.491 e. The molecule has 0 N–H and O–H groups in total. The van der Waals surface area contributed by atoms with E-state index in [-0.39, 0.29) is 0 Å². The molecule has 1 saturated heterocycles. The van der Waals surface area contributed by atoms with E-state index in [1.54, 1.807) is 6.20 Å². The van der Waals surface area contributed by atoms with E-state index in [4.69, 9.17) is 9.47 Å². The second-order valence-corrected chi connectivity index (χ2v) is 4.15. The number of imidazole rings is 1. The van der Waals surface area contributed by atoms with E-state index < -0.39 is 0 Å². The number of nitrogens with zero attached hydrogens (tertiary/aromatic N) is 2. The van der Waals surface area contributed by atoms with Crippen LogP contribution in [0.15, 0.2) is 36.7 Å². The Bertz CT molecular complexity index is 500. The van der Waals surface area contributed by atoms with Gasteiger partial charge in [-0.2, -0.15) is 0 Å². The minimum absolute atomic E-state index is 0.296. The first kappa shape index (κ1) is 10.4. The van der Waals surface area contributed by atoms with Crippen molar-refractivity contribution in [2.45, 2.75) is 6.10 Å². The Morgan fingerprint density at radius 2 is 2.18 bits per heavy atom. The van der Waals surface area contributed by atoms with Crippen LogP contribution in [0.3, 0.4) is 0 Å². The fraction of sp³-hybridized carbons (Fsp3) is 0.308. The molecule has 1 aromatic heterocycles. The highest BCUT2D eigenvalue weighted by atomic mass is 16.6. The van der Waals surface area contributed by atoms with Crippen LogP contribution in [0.2, 0.25) is 0 Å². The van der Waals surface area contributed by atoms with Gasteiger partial charge in [0.15, 0.2) is 0 Å². The molecule has 0 radical (unpaired) electrons. The zero-order chi connectivity index (χ0) is 11.7. The van der Waals surface area contributed by atoms with Crippen molar-refractivity contribution in [2.75, 3.05) is 13.2 Å². The van der Waals surface area contributed by atoms with E-state index in [0.717, 1.165) is 23.7 Å². The summed E-state index contributed by atoms with van der Waals surface area (Å²) in [5.41, 5.74) is 1.09. The van der Waals surface area contributed by atoms with E-state index in [1.807, 2.05) is 42.1 Å². The monoisotopic (exact) mass is 230 g/mol. The van der Waals surface area contributed by atoms with Crippen LogP contribution in [0.1, 0.15) is 0 Å². The zero-order valence-electron chi connectivity index (χ0n) is 9.67. The SMILES string of the molecule is Cn1ccnc1-c1ccc(OCC2CO2)cc1. The van der Waals surface area contributed by atoms with Crippen molar-refractivity contribution in [3.05, 3.63) is 36.7 Å². The normalized spacial score (nSPS) is 18.1. The van der Waals surface area contributed by atoms with Crippen molar-refractivity contribution in [3.63, 3.8) is 0 Å². The van der Waals surface area contributed by atoms with E-state index in [9.17, 15) is 0 Å². The molecule has 1 aliphatic rings. The average Bonchev–Trinajstić information content (AvgIpc) is 3.09. The average molecular weight is 230 g/mol. The van der Waals surface area contributed by atoms with Crippen molar-refractivity contribution in [1.82, 2.24) is 9.55 Å². The number of aromatic nitrogens is 2. The van der Waals surface area contributed by atoms with Gasteiger partial charge in [0.25, 0.3) is 0 Å². The Morgan fingerprint density at radius 1 is 1.41 bits per heavy atom. The molecule has 1 fully saturated rings. The van der Waals surface area contributed by atoms with Gasteiger partial charge in [0.1, 0.15) is 24.3 Å². The summed E-state index contributed by atoms with van der Waals surface area (Å²) in [5, 5.41) is 0. The molecule has 88 valence electrons.